The summed E-state index contributed by atoms with van der Waals surface area (Å²) in [5, 5.41) is 5.19. The Morgan fingerprint density at radius 1 is 1.12 bits per heavy atom. The van der Waals surface area contributed by atoms with E-state index in [1.54, 1.807) is 16.8 Å². The van der Waals surface area contributed by atoms with E-state index in [-0.39, 0.29) is 5.56 Å². The molecule has 8 nitrogen and oxygen atoms in total. The zero-order valence-corrected chi connectivity index (χ0v) is 12.9. The molecule has 0 fully saturated rings. The molecule has 0 amide bonds. The molecule has 4 aromatic heterocycles. The number of nitrogens with zero attached hydrogens (tertiary/aromatic N) is 6. The lowest BCUT2D eigenvalue weighted by Crippen LogP contribution is -2.26. The molecule has 5 aromatic rings. The van der Waals surface area contributed by atoms with Crippen molar-refractivity contribution in [2.75, 3.05) is 5.43 Å². The third-order valence-electron chi connectivity index (χ3n) is 3.68. The van der Waals surface area contributed by atoms with Crippen molar-refractivity contribution in [1.82, 2.24) is 29.2 Å². The molecule has 0 aliphatic carbocycles. The quantitative estimate of drug-likeness (QED) is 0.530. The second kappa shape index (κ2) is 4.83. The third-order valence-corrected chi connectivity index (χ3v) is 4.62. The highest BCUT2D eigenvalue weighted by Gasteiger charge is 2.10. The molecule has 1 aromatic carbocycles. The highest BCUT2D eigenvalue weighted by molar-refractivity contribution is 7.22. The Balaban J connectivity index is 1.65. The van der Waals surface area contributed by atoms with Gasteiger partial charge in [0.15, 0.2) is 0 Å². The molecule has 116 valence electrons. The fourth-order valence-corrected chi connectivity index (χ4v) is 3.44. The summed E-state index contributed by atoms with van der Waals surface area (Å²) in [6.07, 6.45) is 4.57. The predicted octanol–water partition coefficient (Wildman–Crippen LogP) is 1.92. The molecule has 9 heteroatoms. The molecule has 0 bridgehead atoms. The summed E-state index contributed by atoms with van der Waals surface area (Å²) in [5.74, 6) is 0.457. The Morgan fingerprint density at radius 3 is 2.96 bits per heavy atom. The van der Waals surface area contributed by atoms with Gasteiger partial charge in [0, 0.05) is 12.4 Å². The summed E-state index contributed by atoms with van der Waals surface area (Å²) in [6, 6.07) is 9.61. The first-order valence-electron chi connectivity index (χ1n) is 7.12. The number of thiazole rings is 1. The number of benzene rings is 1. The standard InChI is InChI=1S/C15H9N7OS/c23-13-9-7-16-14-17-8-18-22(14)11(9)5-6-21(13)20-15-19-10-3-1-2-4-12(10)24-15/h1-8H,(H,19,20). The molecular weight excluding hydrogens is 326 g/mol. The van der Waals surface area contributed by atoms with E-state index in [4.69, 9.17) is 0 Å². The van der Waals surface area contributed by atoms with Gasteiger partial charge in [-0.05, 0) is 18.2 Å². The van der Waals surface area contributed by atoms with Crippen LogP contribution in [0.1, 0.15) is 0 Å². The van der Waals surface area contributed by atoms with Crippen molar-refractivity contribution in [3.63, 3.8) is 0 Å². The van der Waals surface area contributed by atoms with Gasteiger partial charge in [-0.2, -0.15) is 14.6 Å². The van der Waals surface area contributed by atoms with E-state index < -0.39 is 0 Å². The van der Waals surface area contributed by atoms with Crippen molar-refractivity contribution < 1.29 is 0 Å². The number of nitrogens with one attached hydrogen (secondary N) is 1. The van der Waals surface area contributed by atoms with E-state index in [9.17, 15) is 4.79 Å². The van der Waals surface area contributed by atoms with Crippen LogP contribution in [0.5, 0.6) is 0 Å². The maximum absolute atomic E-state index is 12.7. The monoisotopic (exact) mass is 335 g/mol. The lowest BCUT2D eigenvalue weighted by Gasteiger charge is -2.07. The molecule has 0 radical (unpaired) electrons. The SMILES string of the molecule is O=c1c2cnc3ncnn3c2ccn1Nc1nc2ccccc2s1. The van der Waals surface area contributed by atoms with Crippen LogP contribution in [0.2, 0.25) is 0 Å². The smallest absolute Gasteiger partial charge is 0.267 e. The van der Waals surface area contributed by atoms with Crippen LogP contribution in [0.25, 0.3) is 26.9 Å². The van der Waals surface area contributed by atoms with Gasteiger partial charge in [0.1, 0.15) is 6.33 Å². The van der Waals surface area contributed by atoms with Gasteiger partial charge in [0.05, 0.1) is 21.1 Å². The Morgan fingerprint density at radius 2 is 2.04 bits per heavy atom. The average Bonchev–Trinajstić information content (AvgIpc) is 3.23. The van der Waals surface area contributed by atoms with Crippen LogP contribution in [0, 0.1) is 0 Å². The van der Waals surface area contributed by atoms with Crippen molar-refractivity contribution in [3.8, 4) is 0 Å². The summed E-state index contributed by atoms with van der Waals surface area (Å²) in [6.45, 7) is 0. The van der Waals surface area contributed by atoms with Gasteiger partial charge >= 0.3 is 0 Å². The van der Waals surface area contributed by atoms with Gasteiger partial charge in [-0.25, -0.2) is 14.6 Å². The zero-order valence-electron chi connectivity index (χ0n) is 12.1. The van der Waals surface area contributed by atoms with Crippen LogP contribution in [-0.4, -0.2) is 29.2 Å². The minimum absolute atomic E-state index is 0.225. The highest BCUT2D eigenvalue weighted by atomic mass is 32.1. The summed E-state index contributed by atoms with van der Waals surface area (Å²) >= 11 is 1.49. The minimum atomic E-state index is -0.225. The van der Waals surface area contributed by atoms with E-state index in [2.05, 4.69) is 25.5 Å². The van der Waals surface area contributed by atoms with Crippen molar-refractivity contribution in [2.24, 2.45) is 0 Å². The van der Waals surface area contributed by atoms with E-state index in [0.29, 0.717) is 21.8 Å². The summed E-state index contributed by atoms with van der Waals surface area (Å²) in [4.78, 5) is 25.3. The van der Waals surface area contributed by atoms with E-state index in [1.165, 1.54) is 28.5 Å². The van der Waals surface area contributed by atoms with Gasteiger partial charge in [-0.15, -0.1) is 0 Å². The minimum Gasteiger partial charge on any atom is -0.267 e. The van der Waals surface area contributed by atoms with Crippen molar-refractivity contribution in [2.45, 2.75) is 0 Å². The van der Waals surface area contributed by atoms with Gasteiger partial charge in [0.2, 0.25) is 5.13 Å². The number of hydrogen-bond donors (Lipinski definition) is 1. The summed E-state index contributed by atoms with van der Waals surface area (Å²) < 4.78 is 3.99. The van der Waals surface area contributed by atoms with E-state index in [0.717, 1.165) is 10.2 Å². The molecule has 4 heterocycles. The maximum Gasteiger partial charge on any atom is 0.280 e. The Hall–Kier alpha value is -3.33. The van der Waals surface area contributed by atoms with Crippen LogP contribution in [0.4, 0.5) is 5.13 Å². The van der Waals surface area contributed by atoms with Crippen LogP contribution in [0.15, 0.2) is 53.8 Å². The number of aromatic nitrogens is 6. The van der Waals surface area contributed by atoms with Gasteiger partial charge in [-0.3, -0.25) is 10.2 Å². The Kier molecular flexibility index (Phi) is 2.65. The van der Waals surface area contributed by atoms with Crippen molar-refractivity contribution >= 4 is 43.4 Å². The molecule has 0 spiro atoms. The summed E-state index contributed by atoms with van der Waals surface area (Å²) in [5.41, 5.74) is 4.36. The number of pyridine rings is 1. The second-order valence-corrected chi connectivity index (χ2v) is 6.15. The predicted molar refractivity (Wildman–Crippen MR) is 91.2 cm³/mol. The number of hydrogen-bond acceptors (Lipinski definition) is 7. The molecule has 0 aliphatic heterocycles. The number of rotatable bonds is 2. The van der Waals surface area contributed by atoms with Gasteiger partial charge < -0.3 is 0 Å². The molecular formula is C15H9N7OS. The largest absolute Gasteiger partial charge is 0.280 e. The molecule has 0 saturated carbocycles. The molecule has 1 N–H and O–H groups in total. The first-order valence-corrected chi connectivity index (χ1v) is 7.94. The molecule has 0 saturated heterocycles. The average molecular weight is 335 g/mol. The molecule has 5 rings (SSSR count). The molecule has 24 heavy (non-hydrogen) atoms. The fraction of sp³-hybridized carbons (Fsp3) is 0. The molecule has 0 atom stereocenters. The van der Waals surface area contributed by atoms with Crippen LogP contribution in [0.3, 0.4) is 0 Å². The highest BCUT2D eigenvalue weighted by Crippen LogP contribution is 2.25. The Bertz CT molecular complexity index is 1240. The lowest BCUT2D eigenvalue weighted by molar-refractivity contribution is 0.898. The van der Waals surface area contributed by atoms with Gasteiger partial charge in [0.25, 0.3) is 11.3 Å². The van der Waals surface area contributed by atoms with E-state index in [1.807, 2.05) is 24.3 Å². The zero-order chi connectivity index (χ0) is 16.1. The number of anilines is 1. The fourth-order valence-electron chi connectivity index (χ4n) is 2.57. The third kappa shape index (κ3) is 1.88. The number of fused-ring (bicyclic) bond motifs is 4. The maximum atomic E-state index is 12.7. The number of para-hydroxylation sites is 1. The first-order chi connectivity index (χ1) is 11.8. The lowest BCUT2D eigenvalue weighted by atomic mass is 10.3. The van der Waals surface area contributed by atoms with Crippen molar-refractivity contribution in [3.05, 3.63) is 59.4 Å². The van der Waals surface area contributed by atoms with Gasteiger partial charge in [-0.1, -0.05) is 23.5 Å². The Labute approximate surface area is 138 Å². The van der Waals surface area contributed by atoms with Crippen LogP contribution < -0.4 is 11.0 Å². The first kappa shape index (κ1) is 13.1. The topological polar surface area (TPSA) is 90.0 Å². The second-order valence-electron chi connectivity index (χ2n) is 5.12. The van der Waals surface area contributed by atoms with E-state index >= 15 is 0 Å². The molecule has 0 unspecified atom stereocenters. The molecule has 0 aliphatic rings. The van der Waals surface area contributed by atoms with Crippen LogP contribution in [-0.2, 0) is 0 Å². The van der Waals surface area contributed by atoms with Crippen LogP contribution >= 0.6 is 11.3 Å². The van der Waals surface area contributed by atoms with Crippen molar-refractivity contribution in [1.29, 1.82) is 0 Å². The normalized spacial score (nSPS) is 11.5. The summed E-state index contributed by atoms with van der Waals surface area (Å²) in [7, 11) is 0.